The van der Waals surface area contributed by atoms with Crippen LogP contribution >= 0.6 is 11.3 Å². The lowest BCUT2D eigenvalue weighted by atomic mass is 9.91. The van der Waals surface area contributed by atoms with Crippen LogP contribution in [-0.2, 0) is 9.53 Å². The van der Waals surface area contributed by atoms with Gasteiger partial charge in [-0.05, 0) is 54.0 Å². The number of ether oxygens (including phenoxy) is 1. The number of fused-ring (bicyclic) bond motifs is 2. The highest BCUT2D eigenvalue weighted by Crippen LogP contribution is 2.34. The van der Waals surface area contributed by atoms with Crippen LogP contribution < -0.4 is 14.9 Å². The smallest absolute Gasteiger partial charge is 0.338 e. The molecule has 1 aliphatic heterocycles. The van der Waals surface area contributed by atoms with Crippen molar-refractivity contribution in [2.75, 3.05) is 6.61 Å². The van der Waals surface area contributed by atoms with Gasteiger partial charge in [0.25, 0.3) is 5.56 Å². The third-order valence-electron chi connectivity index (χ3n) is 5.83. The number of phenolic OH excluding ortho intramolecular Hbond substituents is 1. The molecule has 5 rings (SSSR count). The van der Waals surface area contributed by atoms with E-state index in [9.17, 15) is 14.7 Å². The van der Waals surface area contributed by atoms with E-state index < -0.39 is 12.0 Å². The normalized spacial score (nSPS) is 15.8. The maximum Gasteiger partial charge on any atom is 0.338 e. The molecule has 0 aliphatic carbocycles. The van der Waals surface area contributed by atoms with Gasteiger partial charge in [0.15, 0.2) is 4.80 Å². The SMILES string of the molecule is CCOC(=O)C1=C(C)N=c2s/c(=C/c3ccc(O)cc3)c(=O)n2[C@H]1c1cccc2ccccc12. The lowest BCUT2D eigenvalue weighted by molar-refractivity contribution is -0.139. The van der Waals surface area contributed by atoms with Gasteiger partial charge >= 0.3 is 5.97 Å². The number of carbonyl (C=O) groups is 1. The number of benzene rings is 3. The van der Waals surface area contributed by atoms with E-state index in [1.54, 1.807) is 48.8 Å². The fraction of sp³-hybridized carbons (Fsp3) is 0.148. The van der Waals surface area contributed by atoms with Crippen LogP contribution in [0.15, 0.2) is 87.8 Å². The molecular formula is C27H22N2O4S. The molecule has 0 unspecified atom stereocenters. The first-order valence-corrected chi connectivity index (χ1v) is 11.8. The van der Waals surface area contributed by atoms with Crippen molar-refractivity contribution < 1.29 is 14.6 Å². The zero-order valence-corrected chi connectivity index (χ0v) is 19.5. The first kappa shape index (κ1) is 21.9. The maximum absolute atomic E-state index is 13.7. The van der Waals surface area contributed by atoms with Crippen molar-refractivity contribution >= 4 is 34.2 Å². The number of hydrogen-bond donors (Lipinski definition) is 1. The molecule has 0 amide bonds. The number of allylic oxidation sites excluding steroid dienone is 1. The first-order chi connectivity index (χ1) is 16.5. The van der Waals surface area contributed by atoms with E-state index in [0.717, 1.165) is 21.9 Å². The fourth-order valence-corrected chi connectivity index (χ4v) is 5.34. The summed E-state index contributed by atoms with van der Waals surface area (Å²) in [7, 11) is 0. The molecule has 0 saturated carbocycles. The molecule has 0 saturated heterocycles. The average Bonchev–Trinajstić information content (AvgIpc) is 3.13. The monoisotopic (exact) mass is 470 g/mol. The summed E-state index contributed by atoms with van der Waals surface area (Å²) >= 11 is 1.28. The zero-order valence-electron chi connectivity index (χ0n) is 18.7. The number of carbonyl (C=O) groups excluding carboxylic acids is 1. The van der Waals surface area contributed by atoms with Gasteiger partial charge in [-0.15, -0.1) is 0 Å². The van der Waals surface area contributed by atoms with Crippen molar-refractivity contribution in [3.8, 4) is 5.75 Å². The molecule has 34 heavy (non-hydrogen) atoms. The van der Waals surface area contributed by atoms with Crippen molar-refractivity contribution in [2.45, 2.75) is 19.9 Å². The quantitative estimate of drug-likeness (QED) is 0.462. The van der Waals surface area contributed by atoms with Gasteiger partial charge < -0.3 is 9.84 Å². The third-order valence-corrected chi connectivity index (χ3v) is 6.81. The lowest BCUT2D eigenvalue weighted by Gasteiger charge is -2.25. The van der Waals surface area contributed by atoms with Gasteiger partial charge in [0.2, 0.25) is 0 Å². The summed E-state index contributed by atoms with van der Waals surface area (Å²) in [6.45, 7) is 3.76. The largest absolute Gasteiger partial charge is 0.508 e. The van der Waals surface area contributed by atoms with Gasteiger partial charge in [-0.1, -0.05) is 65.9 Å². The molecule has 7 heteroatoms. The second-order valence-corrected chi connectivity index (χ2v) is 8.97. The molecule has 1 aliphatic rings. The van der Waals surface area contributed by atoms with E-state index in [2.05, 4.69) is 4.99 Å². The molecule has 0 spiro atoms. The molecular weight excluding hydrogens is 448 g/mol. The summed E-state index contributed by atoms with van der Waals surface area (Å²) in [6, 6.07) is 19.8. The van der Waals surface area contributed by atoms with E-state index in [0.29, 0.717) is 20.6 Å². The minimum Gasteiger partial charge on any atom is -0.508 e. The number of aromatic nitrogens is 1. The molecule has 4 aromatic rings. The second-order valence-electron chi connectivity index (χ2n) is 7.96. The van der Waals surface area contributed by atoms with E-state index in [4.69, 9.17) is 4.74 Å². The molecule has 1 aromatic heterocycles. The Balaban J connectivity index is 1.80. The van der Waals surface area contributed by atoms with Gasteiger partial charge in [0.05, 0.1) is 28.5 Å². The topological polar surface area (TPSA) is 80.9 Å². The highest BCUT2D eigenvalue weighted by Gasteiger charge is 2.34. The number of phenols is 1. The number of rotatable bonds is 4. The summed E-state index contributed by atoms with van der Waals surface area (Å²) in [5.41, 5.74) is 2.29. The Morgan fingerprint density at radius 1 is 1.12 bits per heavy atom. The molecule has 6 nitrogen and oxygen atoms in total. The van der Waals surface area contributed by atoms with Crippen LogP contribution in [0, 0.1) is 0 Å². The van der Waals surface area contributed by atoms with Gasteiger partial charge in [-0.3, -0.25) is 9.36 Å². The Labute approximate surface area is 199 Å². The van der Waals surface area contributed by atoms with Crippen molar-refractivity contribution in [2.24, 2.45) is 4.99 Å². The van der Waals surface area contributed by atoms with Crippen LogP contribution in [0.2, 0.25) is 0 Å². The van der Waals surface area contributed by atoms with E-state index >= 15 is 0 Å². The minimum atomic E-state index is -0.664. The van der Waals surface area contributed by atoms with Crippen molar-refractivity contribution in [3.05, 3.63) is 109 Å². The number of aromatic hydroxyl groups is 1. The van der Waals surface area contributed by atoms with E-state index in [1.165, 1.54) is 11.3 Å². The van der Waals surface area contributed by atoms with Crippen LogP contribution in [0.3, 0.4) is 0 Å². The van der Waals surface area contributed by atoms with E-state index in [1.807, 2.05) is 42.5 Å². The van der Waals surface area contributed by atoms with Crippen LogP contribution in [0.25, 0.3) is 16.8 Å². The number of hydrogen-bond acceptors (Lipinski definition) is 6. The highest BCUT2D eigenvalue weighted by molar-refractivity contribution is 7.07. The van der Waals surface area contributed by atoms with Gasteiger partial charge in [0.1, 0.15) is 5.75 Å². The first-order valence-electron chi connectivity index (χ1n) is 10.9. The Kier molecular flexibility index (Phi) is 5.63. The third kappa shape index (κ3) is 3.74. The average molecular weight is 471 g/mol. The molecule has 0 bridgehead atoms. The van der Waals surface area contributed by atoms with Gasteiger partial charge in [0, 0.05) is 0 Å². The predicted molar refractivity (Wildman–Crippen MR) is 132 cm³/mol. The Bertz CT molecular complexity index is 1620. The Morgan fingerprint density at radius 3 is 2.62 bits per heavy atom. The Hall–Kier alpha value is -3.97. The number of esters is 1. The summed E-state index contributed by atoms with van der Waals surface area (Å²) in [5.74, 6) is -0.321. The van der Waals surface area contributed by atoms with E-state index in [-0.39, 0.29) is 17.9 Å². The molecule has 3 aromatic carbocycles. The minimum absolute atomic E-state index is 0.157. The molecule has 0 radical (unpaired) electrons. The van der Waals surface area contributed by atoms with Crippen LogP contribution in [0.5, 0.6) is 5.75 Å². The molecule has 2 heterocycles. The summed E-state index contributed by atoms with van der Waals surface area (Å²) < 4.78 is 7.47. The fourth-order valence-electron chi connectivity index (χ4n) is 4.30. The van der Waals surface area contributed by atoms with Crippen LogP contribution in [-0.4, -0.2) is 22.2 Å². The standard InChI is InChI=1S/C27H22N2O4S/c1-3-33-26(32)23-16(2)28-27-29(24(23)21-10-6-8-18-7-4-5-9-20(18)21)25(31)22(34-27)15-17-11-13-19(30)14-12-17/h4-15,24,30H,3H2,1-2H3/b22-15+/t24-/m0/s1. The molecule has 1 atom stereocenters. The Morgan fingerprint density at radius 2 is 1.85 bits per heavy atom. The lowest BCUT2D eigenvalue weighted by Crippen LogP contribution is -2.40. The van der Waals surface area contributed by atoms with Crippen LogP contribution in [0.4, 0.5) is 0 Å². The number of nitrogens with zero attached hydrogens (tertiary/aromatic N) is 2. The molecule has 170 valence electrons. The van der Waals surface area contributed by atoms with Crippen molar-refractivity contribution in [1.29, 1.82) is 0 Å². The highest BCUT2D eigenvalue weighted by atomic mass is 32.1. The summed E-state index contributed by atoms with van der Waals surface area (Å²) in [6.07, 6.45) is 1.77. The number of thiazole rings is 1. The summed E-state index contributed by atoms with van der Waals surface area (Å²) in [5, 5.41) is 11.5. The molecule has 0 fully saturated rings. The van der Waals surface area contributed by atoms with Crippen molar-refractivity contribution in [1.82, 2.24) is 4.57 Å². The van der Waals surface area contributed by atoms with Crippen molar-refractivity contribution in [3.63, 3.8) is 0 Å². The van der Waals surface area contributed by atoms with Gasteiger partial charge in [-0.25, -0.2) is 9.79 Å². The molecule has 1 N–H and O–H groups in total. The van der Waals surface area contributed by atoms with Crippen LogP contribution in [0.1, 0.15) is 31.0 Å². The van der Waals surface area contributed by atoms with Gasteiger partial charge in [-0.2, -0.15) is 0 Å². The second kappa shape index (κ2) is 8.76. The zero-order chi connectivity index (χ0) is 23.8. The predicted octanol–water partition coefficient (Wildman–Crippen LogP) is 3.66. The summed E-state index contributed by atoms with van der Waals surface area (Å²) in [4.78, 5) is 31.9. The maximum atomic E-state index is 13.7.